The molecule has 0 aliphatic carbocycles. The summed E-state index contributed by atoms with van der Waals surface area (Å²) in [4.78, 5) is 25.3. The molecule has 1 aromatic rings. The number of carboxylic acids is 1. The van der Waals surface area contributed by atoms with Crippen LogP contribution in [0.2, 0.25) is 0 Å². The SMILES string of the molecule is CCC[C@]1(C(=O)O)CCN(C(=O)c2ccc(F)cc2)C[C@@H]1O. The van der Waals surface area contributed by atoms with E-state index in [-0.39, 0.29) is 25.4 Å². The van der Waals surface area contributed by atoms with E-state index < -0.39 is 23.3 Å². The van der Waals surface area contributed by atoms with Crippen molar-refractivity contribution in [2.45, 2.75) is 32.3 Å². The van der Waals surface area contributed by atoms with Crippen molar-refractivity contribution in [3.05, 3.63) is 35.6 Å². The van der Waals surface area contributed by atoms with E-state index in [0.717, 1.165) is 0 Å². The summed E-state index contributed by atoms with van der Waals surface area (Å²) >= 11 is 0. The average Bonchev–Trinajstić information content (AvgIpc) is 2.49. The Hall–Kier alpha value is -1.95. The lowest BCUT2D eigenvalue weighted by atomic mass is 9.72. The number of amides is 1. The summed E-state index contributed by atoms with van der Waals surface area (Å²) in [5.74, 6) is -1.77. The first-order valence-electron chi connectivity index (χ1n) is 7.37. The molecule has 0 spiro atoms. The number of benzene rings is 1. The molecule has 120 valence electrons. The van der Waals surface area contributed by atoms with Gasteiger partial charge in [0.2, 0.25) is 0 Å². The van der Waals surface area contributed by atoms with Gasteiger partial charge < -0.3 is 15.1 Å². The monoisotopic (exact) mass is 309 g/mol. The minimum absolute atomic E-state index is 0.0253. The summed E-state index contributed by atoms with van der Waals surface area (Å²) < 4.78 is 12.9. The molecule has 0 unspecified atom stereocenters. The minimum Gasteiger partial charge on any atom is -0.481 e. The number of aliphatic hydroxyl groups excluding tert-OH is 1. The molecule has 0 aromatic heterocycles. The van der Waals surface area contributed by atoms with Crippen molar-refractivity contribution in [1.29, 1.82) is 0 Å². The molecule has 1 aliphatic rings. The van der Waals surface area contributed by atoms with Crippen LogP contribution in [0, 0.1) is 11.2 Å². The number of carbonyl (C=O) groups excluding carboxylic acids is 1. The van der Waals surface area contributed by atoms with E-state index in [2.05, 4.69) is 0 Å². The van der Waals surface area contributed by atoms with Gasteiger partial charge in [-0.2, -0.15) is 0 Å². The molecular formula is C16H20FNO4. The predicted octanol–water partition coefficient (Wildman–Crippen LogP) is 1.90. The number of rotatable bonds is 4. The van der Waals surface area contributed by atoms with Gasteiger partial charge in [0.1, 0.15) is 5.82 Å². The molecule has 1 heterocycles. The second-order valence-electron chi connectivity index (χ2n) is 5.74. The average molecular weight is 309 g/mol. The van der Waals surface area contributed by atoms with Crippen molar-refractivity contribution < 1.29 is 24.2 Å². The number of hydrogen-bond donors (Lipinski definition) is 2. The Kier molecular flexibility index (Phi) is 4.81. The Bertz CT molecular complexity index is 560. The summed E-state index contributed by atoms with van der Waals surface area (Å²) in [6.45, 7) is 2.11. The van der Waals surface area contributed by atoms with Crippen LogP contribution < -0.4 is 0 Å². The third kappa shape index (κ3) is 2.97. The highest BCUT2D eigenvalue weighted by atomic mass is 19.1. The topological polar surface area (TPSA) is 77.8 Å². The highest BCUT2D eigenvalue weighted by Gasteiger charge is 2.48. The van der Waals surface area contributed by atoms with Crippen LogP contribution in [0.3, 0.4) is 0 Å². The molecule has 2 atom stereocenters. The van der Waals surface area contributed by atoms with E-state index in [9.17, 15) is 24.2 Å². The Labute approximate surface area is 128 Å². The predicted molar refractivity (Wildman–Crippen MR) is 77.9 cm³/mol. The smallest absolute Gasteiger partial charge is 0.312 e. The maximum atomic E-state index is 12.9. The molecule has 5 nitrogen and oxygen atoms in total. The largest absolute Gasteiger partial charge is 0.481 e. The number of aliphatic hydroxyl groups is 1. The lowest BCUT2D eigenvalue weighted by Gasteiger charge is -2.42. The van der Waals surface area contributed by atoms with Crippen LogP contribution in [-0.4, -0.2) is 46.2 Å². The molecule has 1 fully saturated rings. The summed E-state index contributed by atoms with van der Waals surface area (Å²) in [5, 5.41) is 19.8. The number of nitrogens with zero attached hydrogens (tertiary/aromatic N) is 1. The van der Waals surface area contributed by atoms with Crippen LogP contribution in [0.25, 0.3) is 0 Å². The lowest BCUT2D eigenvalue weighted by Crippen LogP contribution is -2.56. The number of hydrogen-bond acceptors (Lipinski definition) is 3. The molecule has 2 rings (SSSR count). The highest BCUT2D eigenvalue weighted by molar-refractivity contribution is 5.94. The van der Waals surface area contributed by atoms with Gasteiger partial charge >= 0.3 is 5.97 Å². The molecular weight excluding hydrogens is 289 g/mol. The molecule has 1 aromatic carbocycles. The summed E-state index contributed by atoms with van der Waals surface area (Å²) in [7, 11) is 0. The third-order valence-corrected chi connectivity index (χ3v) is 4.36. The number of β-amino-alcohol motifs (C(OH)–C–C–N with tert-alkyl or cyclic N) is 1. The van der Waals surface area contributed by atoms with Crippen LogP contribution in [0.15, 0.2) is 24.3 Å². The van der Waals surface area contributed by atoms with Gasteiger partial charge in [0.25, 0.3) is 5.91 Å². The van der Waals surface area contributed by atoms with Gasteiger partial charge in [-0.05, 0) is 37.1 Å². The molecule has 2 N–H and O–H groups in total. The number of piperidine rings is 1. The molecule has 1 aliphatic heterocycles. The van der Waals surface area contributed by atoms with Crippen molar-refractivity contribution in [3.63, 3.8) is 0 Å². The Morgan fingerprint density at radius 1 is 1.36 bits per heavy atom. The number of halogens is 1. The molecule has 1 saturated heterocycles. The molecule has 0 bridgehead atoms. The van der Waals surface area contributed by atoms with Gasteiger partial charge in [0.05, 0.1) is 11.5 Å². The number of aliphatic carboxylic acids is 1. The van der Waals surface area contributed by atoms with Crippen molar-refractivity contribution in [1.82, 2.24) is 4.90 Å². The van der Waals surface area contributed by atoms with E-state index >= 15 is 0 Å². The Morgan fingerprint density at radius 2 is 2.00 bits per heavy atom. The van der Waals surface area contributed by atoms with Gasteiger partial charge in [-0.1, -0.05) is 13.3 Å². The molecule has 0 saturated carbocycles. The van der Waals surface area contributed by atoms with Gasteiger partial charge in [-0.15, -0.1) is 0 Å². The third-order valence-electron chi connectivity index (χ3n) is 4.36. The van der Waals surface area contributed by atoms with Crippen LogP contribution >= 0.6 is 0 Å². The fourth-order valence-electron chi connectivity index (χ4n) is 3.03. The second-order valence-corrected chi connectivity index (χ2v) is 5.74. The highest BCUT2D eigenvalue weighted by Crippen LogP contribution is 2.37. The van der Waals surface area contributed by atoms with Gasteiger partial charge in [-0.25, -0.2) is 4.39 Å². The molecule has 0 radical (unpaired) electrons. The van der Waals surface area contributed by atoms with Crippen molar-refractivity contribution in [2.75, 3.05) is 13.1 Å². The van der Waals surface area contributed by atoms with Crippen LogP contribution in [0.4, 0.5) is 4.39 Å². The fourth-order valence-corrected chi connectivity index (χ4v) is 3.03. The van der Waals surface area contributed by atoms with Crippen molar-refractivity contribution >= 4 is 11.9 Å². The zero-order chi connectivity index (χ0) is 16.3. The minimum atomic E-state index is -1.19. The summed E-state index contributed by atoms with van der Waals surface area (Å²) in [5.41, 5.74) is -0.860. The van der Waals surface area contributed by atoms with E-state index in [1.54, 1.807) is 0 Å². The zero-order valence-electron chi connectivity index (χ0n) is 12.5. The van der Waals surface area contributed by atoms with E-state index in [1.807, 2.05) is 6.92 Å². The van der Waals surface area contributed by atoms with Crippen LogP contribution in [-0.2, 0) is 4.79 Å². The summed E-state index contributed by atoms with van der Waals surface area (Å²) in [6.07, 6.45) is 0.129. The summed E-state index contributed by atoms with van der Waals surface area (Å²) in [6, 6.07) is 5.17. The van der Waals surface area contributed by atoms with E-state index in [0.29, 0.717) is 18.4 Å². The normalized spacial score (nSPS) is 25.0. The molecule has 1 amide bonds. The van der Waals surface area contributed by atoms with Crippen LogP contribution in [0.1, 0.15) is 36.5 Å². The Balaban J connectivity index is 2.13. The van der Waals surface area contributed by atoms with Crippen molar-refractivity contribution in [2.24, 2.45) is 5.41 Å². The van der Waals surface area contributed by atoms with E-state index in [1.165, 1.54) is 29.2 Å². The number of carbonyl (C=O) groups is 2. The first-order chi connectivity index (χ1) is 10.4. The van der Waals surface area contributed by atoms with Gasteiger partial charge in [-0.3, -0.25) is 9.59 Å². The first kappa shape index (κ1) is 16.4. The molecule has 22 heavy (non-hydrogen) atoms. The number of likely N-dealkylation sites (tertiary alicyclic amines) is 1. The fraction of sp³-hybridized carbons (Fsp3) is 0.500. The standard InChI is InChI=1S/C16H20FNO4/c1-2-7-16(15(21)22)8-9-18(10-13(16)19)14(20)11-3-5-12(17)6-4-11/h3-6,13,19H,2,7-10H2,1H3,(H,21,22)/t13-,16-/m0/s1. The Morgan fingerprint density at radius 3 is 2.50 bits per heavy atom. The van der Waals surface area contributed by atoms with Gasteiger partial charge in [0.15, 0.2) is 0 Å². The lowest BCUT2D eigenvalue weighted by molar-refractivity contribution is -0.162. The number of carboxylic acid groups (broad SMARTS) is 1. The maximum Gasteiger partial charge on any atom is 0.312 e. The van der Waals surface area contributed by atoms with Crippen molar-refractivity contribution in [3.8, 4) is 0 Å². The first-order valence-corrected chi connectivity index (χ1v) is 7.37. The molecule has 6 heteroatoms. The maximum absolute atomic E-state index is 12.9. The second kappa shape index (κ2) is 6.44. The quantitative estimate of drug-likeness (QED) is 0.890. The zero-order valence-corrected chi connectivity index (χ0v) is 12.5. The van der Waals surface area contributed by atoms with Crippen LogP contribution in [0.5, 0.6) is 0 Å². The van der Waals surface area contributed by atoms with Gasteiger partial charge in [0, 0.05) is 18.7 Å². The van der Waals surface area contributed by atoms with E-state index in [4.69, 9.17) is 0 Å².